The van der Waals surface area contributed by atoms with Gasteiger partial charge in [0.15, 0.2) is 0 Å². The first-order chi connectivity index (χ1) is 59.5. The van der Waals surface area contributed by atoms with Gasteiger partial charge in [-0.2, -0.15) is 0 Å². The molecule has 3 N–H and O–H groups in total. The van der Waals surface area contributed by atoms with Crippen molar-refractivity contribution >= 4 is 54.1 Å². The fourth-order valence-corrected chi connectivity index (χ4v) is 10.2. The summed E-state index contributed by atoms with van der Waals surface area (Å²) >= 11 is 0. The standard InChI is InChI=1S/C32H27N3O6.C28H22N2O4.2C18H17N2O4.2Ir/c1-4-30(36)40-25-10-7-9-22(18-25)28-12-8-13-29(35-28)24-17-23(27-11-5-6-14-33-27)19-26(20-24)41-32(38)34-15-16-39-31(37)21(2)3;1-3-27(31)33-22-10-7-9-19(16-22)25-12-8-13-26(30-25)21-15-20(24-11-5-6-14-29-24)17-23(18-21)34-28(32)4-2;2*1-13(2)17(21)23-11-10-20-18(22)24-15-7-5-6-14(12-15)16-8-3-4-9-19-16;;/h5-8,10-14,18-20H,2,4,15-16H2,1,3H3,(H,34,38);5-8,10-14,16-18H,3-4H2,1-2H3;2*3-5,7-9,12H,1,10-11H2,2H3,(H,20,22);;/q2*-2;2*-1;2*+3. The summed E-state index contributed by atoms with van der Waals surface area (Å²) in [6, 6.07) is 78.8. The number of hydrogen-bond acceptors (Lipinski definition) is 24. The van der Waals surface area contributed by atoms with Gasteiger partial charge < -0.3 is 78.5 Å². The topological polar surface area (TPSA) is 350 Å². The summed E-state index contributed by atoms with van der Waals surface area (Å²) in [4.78, 5) is 132. The van der Waals surface area contributed by atoms with Gasteiger partial charge in [-0.15, -0.1) is 131 Å². The molecule has 12 rings (SSSR count). The Bertz CT molecular complexity index is 5590. The molecular weight excluding hydrogens is 1950 g/mol. The van der Waals surface area contributed by atoms with Crippen molar-refractivity contribution < 1.29 is 126 Å². The van der Waals surface area contributed by atoms with Gasteiger partial charge in [-0.3, -0.25) is 24.4 Å². The fraction of sp³-hybridized carbons (Fsp3) is 0.156. The molecule has 0 saturated carbocycles. The molecule has 6 aromatic heterocycles. The summed E-state index contributed by atoms with van der Waals surface area (Å²) in [6.07, 6.45) is 5.50. The van der Waals surface area contributed by atoms with Gasteiger partial charge in [0.25, 0.3) is 0 Å². The van der Waals surface area contributed by atoms with Crippen LogP contribution in [-0.4, -0.2) is 123 Å². The summed E-state index contributed by atoms with van der Waals surface area (Å²) in [5.41, 5.74) is 11.3. The smallest absolute Gasteiger partial charge is 0.460 e. The van der Waals surface area contributed by atoms with Gasteiger partial charge in [0.2, 0.25) is 0 Å². The van der Waals surface area contributed by atoms with Gasteiger partial charge in [0.05, 0.1) is 54.1 Å². The number of amides is 3. The second kappa shape index (κ2) is 51.2. The number of carbonyl (C=O) groups excluding carboxylic acids is 9. The van der Waals surface area contributed by atoms with Crippen LogP contribution in [0.3, 0.4) is 0 Å². The number of ether oxygens (including phenoxy) is 9. The van der Waals surface area contributed by atoms with E-state index < -0.39 is 36.2 Å². The number of rotatable bonds is 29. The van der Waals surface area contributed by atoms with E-state index in [4.69, 9.17) is 52.6 Å². The molecule has 6 heterocycles. The Morgan fingerprint density at radius 2 is 0.536 bits per heavy atom. The molecule has 0 spiro atoms. The van der Waals surface area contributed by atoms with Crippen LogP contribution in [0, 0.1) is 36.4 Å². The zero-order valence-electron chi connectivity index (χ0n) is 68.6. The minimum atomic E-state index is -0.727. The Morgan fingerprint density at radius 1 is 0.304 bits per heavy atom. The molecule has 0 unspecified atom stereocenters. The first kappa shape index (κ1) is 97.5. The van der Waals surface area contributed by atoms with E-state index in [-0.39, 0.29) is 128 Å². The van der Waals surface area contributed by atoms with E-state index in [2.05, 4.69) is 92.0 Å². The minimum absolute atomic E-state index is 0. The number of nitrogens with zero attached hydrogens (tertiary/aromatic N) is 6. The molecule has 0 aliphatic heterocycles. The molecule has 0 radical (unpaired) electrons. The molecule has 3 amide bonds. The Balaban J connectivity index is 0.000000233. The molecule has 638 valence electrons. The Hall–Kier alpha value is -14.6. The normalized spacial score (nSPS) is 10.1. The van der Waals surface area contributed by atoms with E-state index in [0.29, 0.717) is 107 Å². The van der Waals surface area contributed by atoms with Crippen LogP contribution in [0.15, 0.2) is 267 Å². The van der Waals surface area contributed by atoms with Crippen molar-refractivity contribution in [2.75, 3.05) is 39.5 Å². The first-order valence-electron chi connectivity index (χ1n) is 38.3. The van der Waals surface area contributed by atoms with Crippen molar-refractivity contribution in [1.29, 1.82) is 0 Å². The molecule has 6 aromatic carbocycles. The quantitative estimate of drug-likeness (QED) is 0.00979. The van der Waals surface area contributed by atoms with Crippen molar-refractivity contribution in [2.45, 2.75) is 60.8 Å². The third-order valence-electron chi connectivity index (χ3n) is 16.2. The monoisotopic (exact) mass is 2040 g/mol. The Morgan fingerprint density at radius 3 is 0.816 bits per heavy atom. The molecule has 0 bridgehead atoms. The third kappa shape index (κ3) is 32.7. The maximum Gasteiger partial charge on any atom is 3.00 e. The number of benzene rings is 6. The molecular formula is C96H83Ir2N9O18. The summed E-state index contributed by atoms with van der Waals surface area (Å²) in [5, 5.41) is 7.53. The average molecular weight is 2040 g/mol. The number of carbonyl (C=O) groups is 9. The van der Waals surface area contributed by atoms with Gasteiger partial charge in [-0.1, -0.05) is 172 Å². The molecule has 0 aliphatic rings. The van der Waals surface area contributed by atoms with Gasteiger partial charge in [-0.05, 0) is 79.2 Å². The predicted molar refractivity (Wildman–Crippen MR) is 456 cm³/mol. The number of esters is 6. The second-order valence-electron chi connectivity index (χ2n) is 25.9. The zero-order valence-corrected chi connectivity index (χ0v) is 73.4. The van der Waals surface area contributed by atoms with Crippen LogP contribution >= 0.6 is 0 Å². The molecule has 125 heavy (non-hydrogen) atoms. The molecule has 0 saturated heterocycles. The van der Waals surface area contributed by atoms with Crippen LogP contribution in [0.1, 0.15) is 60.8 Å². The number of pyridine rings is 6. The molecule has 12 aromatic rings. The van der Waals surface area contributed by atoms with Crippen LogP contribution < -0.4 is 44.4 Å². The molecule has 27 nitrogen and oxygen atoms in total. The molecule has 0 fully saturated rings. The zero-order chi connectivity index (χ0) is 87.8. The van der Waals surface area contributed by atoms with E-state index in [1.807, 2.05) is 97.1 Å². The van der Waals surface area contributed by atoms with Crippen LogP contribution in [0.25, 0.3) is 90.1 Å². The van der Waals surface area contributed by atoms with E-state index in [1.54, 1.807) is 169 Å². The maximum absolute atomic E-state index is 12.5. The summed E-state index contributed by atoms with van der Waals surface area (Å²) in [6.45, 7) is 20.7. The van der Waals surface area contributed by atoms with Gasteiger partial charge >= 0.3 is 94.3 Å². The van der Waals surface area contributed by atoms with Crippen molar-refractivity contribution in [2.24, 2.45) is 0 Å². The second-order valence-corrected chi connectivity index (χ2v) is 25.9. The molecule has 0 atom stereocenters. The molecule has 0 aliphatic carbocycles. The maximum atomic E-state index is 12.5. The Kier molecular flexibility index (Phi) is 39.9. The van der Waals surface area contributed by atoms with E-state index >= 15 is 0 Å². The third-order valence-corrected chi connectivity index (χ3v) is 16.2. The Labute approximate surface area is 749 Å². The minimum Gasteiger partial charge on any atom is -0.460 e. The van der Waals surface area contributed by atoms with Crippen molar-refractivity contribution in [3.8, 4) is 125 Å². The SMILES string of the molecule is C=C(C)C(=O)OCCNC(=O)Oc1cc(-c2ccccn2)[c-]c(-c2cccc(-c3[c-]ccc(OC(=O)CC)c3)n2)c1.C=C(C)C(=O)OCCNC(=O)Oc1cc[c-]c(-c2ccccn2)c1.C=C(C)C(=O)OCCNC(=O)Oc1cc[c-]c(-c2ccccn2)c1.CCC(=O)Oc1cc[c-]c(-c2cccc(-c3[c-]c(-c4ccccn4)cc(OC(=O)CC)c3)n2)c1.[Ir+3].[Ir+3]. The average Bonchev–Trinajstić information content (AvgIpc) is 0.804. The summed E-state index contributed by atoms with van der Waals surface area (Å²) in [5.74, 6) is -0.310. The summed E-state index contributed by atoms with van der Waals surface area (Å²) < 4.78 is 46.7. The van der Waals surface area contributed by atoms with Crippen LogP contribution in [0.4, 0.5) is 14.4 Å². The van der Waals surface area contributed by atoms with Crippen molar-refractivity contribution in [1.82, 2.24) is 45.9 Å². The van der Waals surface area contributed by atoms with E-state index in [9.17, 15) is 43.2 Å². The van der Waals surface area contributed by atoms with Crippen LogP contribution in [0.2, 0.25) is 0 Å². The predicted octanol–water partition coefficient (Wildman–Crippen LogP) is 16.8. The number of nitrogens with one attached hydrogen (secondary N) is 3. The van der Waals surface area contributed by atoms with Crippen LogP contribution in [0.5, 0.6) is 34.5 Å². The van der Waals surface area contributed by atoms with E-state index in [0.717, 1.165) is 22.5 Å². The van der Waals surface area contributed by atoms with Gasteiger partial charge in [0, 0.05) is 72.2 Å². The number of aromatic nitrogens is 6. The van der Waals surface area contributed by atoms with Crippen LogP contribution in [-0.2, 0) is 83.2 Å². The first-order valence-corrected chi connectivity index (χ1v) is 38.3. The molecule has 29 heteroatoms. The van der Waals surface area contributed by atoms with E-state index in [1.165, 1.54) is 6.92 Å². The van der Waals surface area contributed by atoms with Gasteiger partial charge in [-0.25, -0.2) is 28.8 Å². The number of hydrogen-bond donors (Lipinski definition) is 3. The van der Waals surface area contributed by atoms with Crippen molar-refractivity contribution in [3.05, 3.63) is 304 Å². The summed E-state index contributed by atoms with van der Waals surface area (Å²) in [7, 11) is 0. The van der Waals surface area contributed by atoms with Gasteiger partial charge in [0.1, 0.15) is 19.8 Å². The fourth-order valence-electron chi connectivity index (χ4n) is 10.2. The van der Waals surface area contributed by atoms with Crippen molar-refractivity contribution in [3.63, 3.8) is 0 Å². The largest absolute Gasteiger partial charge is 3.00 e.